The number of thioether (sulfide) groups is 1. The maximum absolute atomic E-state index is 13.2. The Kier molecular flexibility index (Phi) is 8.30. The average Bonchev–Trinajstić information content (AvgIpc) is 3.51. The summed E-state index contributed by atoms with van der Waals surface area (Å²) in [6.45, 7) is 4.62. The third kappa shape index (κ3) is 5.79. The molecule has 0 unspecified atom stereocenters. The molecule has 186 valence electrons. The van der Waals surface area contributed by atoms with Crippen LogP contribution in [0, 0.1) is 5.82 Å². The number of aromatic nitrogens is 3. The summed E-state index contributed by atoms with van der Waals surface area (Å²) in [5.41, 5.74) is 1.48. The number of nitrogens with one attached hydrogen (secondary N) is 1. The predicted octanol–water partition coefficient (Wildman–Crippen LogP) is 5.13. The van der Waals surface area contributed by atoms with Gasteiger partial charge in [0.25, 0.3) is 0 Å². The minimum absolute atomic E-state index is 0.0859. The zero-order valence-electron chi connectivity index (χ0n) is 19.2. The molecule has 8 nitrogen and oxygen atoms in total. The number of hydrogen-bond acceptors (Lipinski definition) is 8. The smallest absolute Gasteiger partial charge is 0.341 e. The van der Waals surface area contributed by atoms with Crippen molar-refractivity contribution >= 4 is 51.6 Å². The molecule has 2 heterocycles. The van der Waals surface area contributed by atoms with Gasteiger partial charge in [-0.05, 0) is 56.9 Å². The van der Waals surface area contributed by atoms with Crippen LogP contribution in [-0.2, 0) is 35.5 Å². The first-order chi connectivity index (χ1) is 16.9. The van der Waals surface area contributed by atoms with Crippen molar-refractivity contribution in [2.75, 3.05) is 17.7 Å². The lowest BCUT2D eigenvalue weighted by atomic mass is 10.1. The van der Waals surface area contributed by atoms with Crippen molar-refractivity contribution in [3.8, 4) is 5.75 Å². The van der Waals surface area contributed by atoms with Gasteiger partial charge in [-0.3, -0.25) is 4.79 Å². The Bertz CT molecular complexity index is 1250. The summed E-state index contributed by atoms with van der Waals surface area (Å²) in [5.74, 6) is -0.109. The van der Waals surface area contributed by atoms with Crippen LogP contribution in [0.25, 0.3) is 0 Å². The number of benzene rings is 1. The second-order valence-electron chi connectivity index (χ2n) is 7.63. The second-order valence-corrected chi connectivity index (χ2v) is 10.1. The van der Waals surface area contributed by atoms with Crippen LogP contribution in [0.1, 0.15) is 46.9 Å². The summed E-state index contributed by atoms with van der Waals surface area (Å²) in [7, 11) is 0. The molecule has 0 saturated heterocycles. The van der Waals surface area contributed by atoms with Gasteiger partial charge < -0.3 is 19.4 Å². The van der Waals surface area contributed by atoms with Gasteiger partial charge in [0.1, 0.15) is 23.2 Å². The summed E-state index contributed by atoms with van der Waals surface area (Å²) in [6.07, 6.45) is 2.73. The molecule has 0 spiro atoms. The molecule has 3 aromatic rings. The van der Waals surface area contributed by atoms with Crippen molar-refractivity contribution in [1.82, 2.24) is 14.8 Å². The van der Waals surface area contributed by atoms with Crippen LogP contribution in [0.2, 0.25) is 5.02 Å². The number of hydrogen-bond donors (Lipinski definition) is 1. The highest BCUT2D eigenvalue weighted by Crippen LogP contribution is 2.39. The molecule has 1 aliphatic rings. The average molecular weight is 539 g/mol. The van der Waals surface area contributed by atoms with Gasteiger partial charge in [-0.25, -0.2) is 9.18 Å². The molecule has 0 radical (unpaired) electrons. The second kappa shape index (κ2) is 11.4. The lowest BCUT2D eigenvalue weighted by molar-refractivity contribution is -0.113. The van der Waals surface area contributed by atoms with Gasteiger partial charge in [0.05, 0.1) is 22.9 Å². The normalized spacial score (nSPS) is 12.5. The maximum Gasteiger partial charge on any atom is 0.341 e. The largest absolute Gasteiger partial charge is 0.484 e. The highest BCUT2D eigenvalue weighted by atomic mass is 35.5. The predicted molar refractivity (Wildman–Crippen MR) is 133 cm³/mol. The zero-order valence-corrected chi connectivity index (χ0v) is 21.6. The Morgan fingerprint density at radius 1 is 1.29 bits per heavy atom. The van der Waals surface area contributed by atoms with E-state index in [0.29, 0.717) is 33.8 Å². The lowest BCUT2D eigenvalue weighted by Crippen LogP contribution is -2.17. The Morgan fingerprint density at radius 2 is 2.11 bits per heavy atom. The van der Waals surface area contributed by atoms with E-state index in [-0.39, 0.29) is 29.9 Å². The minimum atomic E-state index is -0.447. The van der Waals surface area contributed by atoms with E-state index < -0.39 is 11.8 Å². The number of fused-ring (bicyclic) bond motifs is 1. The van der Waals surface area contributed by atoms with Gasteiger partial charge in [-0.1, -0.05) is 23.4 Å². The van der Waals surface area contributed by atoms with Crippen LogP contribution in [-0.4, -0.2) is 39.0 Å². The van der Waals surface area contributed by atoms with Crippen LogP contribution in [0.4, 0.5) is 9.39 Å². The van der Waals surface area contributed by atoms with Gasteiger partial charge in [-0.2, -0.15) is 0 Å². The molecule has 35 heavy (non-hydrogen) atoms. The van der Waals surface area contributed by atoms with Gasteiger partial charge >= 0.3 is 5.97 Å². The number of halogens is 2. The summed E-state index contributed by atoms with van der Waals surface area (Å²) in [4.78, 5) is 26.4. The highest BCUT2D eigenvalue weighted by molar-refractivity contribution is 7.99. The van der Waals surface area contributed by atoms with E-state index in [0.717, 1.165) is 29.7 Å². The minimum Gasteiger partial charge on any atom is -0.484 e. The molecule has 1 N–H and O–H groups in total. The van der Waals surface area contributed by atoms with E-state index in [4.69, 9.17) is 21.1 Å². The van der Waals surface area contributed by atoms with Gasteiger partial charge in [-0.15, -0.1) is 21.5 Å². The van der Waals surface area contributed by atoms with Crippen LogP contribution in [0.3, 0.4) is 0 Å². The Labute approximate surface area is 215 Å². The zero-order chi connectivity index (χ0) is 24.9. The van der Waals surface area contributed by atoms with Crippen LogP contribution in [0.5, 0.6) is 5.75 Å². The fourth-order valence-corrected chi connectivity index (χ4v) is 6.13. The van der Waals surface area contributed by atoms with Crippen molar-refractivity contribution in [1.29, 1.82) is 0 Å². The van der Waals surface area contributed by atoms with E-state index in [1.165, 1.54) is 41.3 Å². The van der Waals surface area contributed by atoms with Crippen molar-refractivity contribution in [2.24, 2.45) is 0 Å². The van der Waals surface area contributed by atoms with Crippen molar-refractivity contribution < 1.29 is 23.5 Å². The molecule has 1 aromatic carbocycles. The quantitative estimate of drug-likeness (QED) is 0.282. The number of esters is 1. The topological polar surface area (TPSA) is 95.3 Å². The number of anilines is 1. The number of amides is 1. The van der Waals surface area contributed by atoms with E-state index >= 15 is 0 Å². The fraction of sp³-hybridized carbons (Fsp3) is 0.391. The third-order valence-corrected chi connectivity index (χ3v) is 7.82. The van der Waals surface area contributed by atoms with Crippen molar-refractivity contribution in [3.05, 3.63) is 50.9 Å². The van der Waals surface area contributed by atoms with Gasteiger partial charge in [0.2, 0.25) is 5.91 Å². The number of aryl methyl sites for hydroxylation is 1. The maximum atomic E-state index is 13.2. The molecular formula is C23H24ClFN4O4S2. The Hall–Kier alpha value is -2.63. The molecule has 1 amide bonds. The summed E-state index contributed by atoms with van der Waals surface area (Å²) in [5, 5.41) is 12.5. The monoisotopic (exact) mass is 538 g/mol. The number of ether oxygens (including phenoxy) is 2. The first-order valence-electron chi connectivity index (χ1n) is 11.1. The van der Waals surface area contributed by atoms with Crippen LogP contribution >= 0.6 is 34.7 Å². The standard InChI is InChI=1S/C23H24ClFN4O4S2/c1-3-29-18(11-33-16-9-8-13(25)10-15(16)24)27-28-23(29)34-12-19(30)26-21-20(22(31)32-4-2)14-6-5-7-17(14)35-21/h8-10H,3-7,11-12H2,1-2H3,(H,26,30). The first-order valence-corrected chi connectivity index (χ1v) is 13.3. The first kappa shape index (κ1) is 25.5. The number of carbonyl (C=O) groups is 2. The van der Waals surface area contributed by atoms with Crippen molar-refractivity contribution in [2.45, 2.75) is 51.4 Å². The molecule has 12 heteroatoms. The summed E-state index contributed by atoms with van der Waals surface area (Å²) >= 11 is 8.69. The van der Waals surface area contributed by atoms with Crippen molar-refractivity contribution in [3.63, 3.8) is 0 Å². The summed E-state index contributed by atoms with van der Waals surface area (Å²) in [6, 6.07) is 3.90. The molecule has 4 rings (SSSR count). The number of rotatable bonds is 10. The van der Waals surface area contributed by atoms with Crippen LogP contribution in [0.15, 0.2) is 23.4 Å². The third-order valence-electron chi connectivity index (χ3n) is 5.35. The SMILES string of the molecule is CCOC(=O)c1c(NC(=O)CSc2nnc(COc3ccc(F)cc3Cl)n2CC)sc2c1CCC2. The van der Waals surface area contributed by atoms with Gasteiger partial charge in [0, 0.05) is 11.4 Å². The molecule has 2 aromatic heterocycles. The van der Waals surface area contributed by atoms with Gasteiger partial charge in [0.15, 0.2) is 11.0 Å². The van der Waals surface area contributed by atoms with E-state index in [1.807, 2.05) is 11.5 Å². The Morgan fingerprint density at radius 3 is 2.86 bits per heavy atom. The molecule has 0 aliphatic heterocycles. The number of carbonyl (C=O) groups excluding carboxylic acids is 2. The van der Waals surface area contributed by atoms with E-state index in [9.17, 15) is 14.0 Å². The Balaban J connectivity index is 1.39. The highest BCUT2D eigenvalue weighted by Gasteiger charge is 2.28. The number of thiophene rings is 1. The molecule has 1 aliphatic carbocycles. The molecule has 0 atom stereocenters. The number of nitrogens with zero attached hydrogens (tertiary/aromatic N) is 3. The molecule has 0 saturated carbocycles. The molecule has 0 fully saturated rings. The summed E-state index contributed by atoms with van der Waals surface area (Å²) < 4.78 is 26.0. The van der Waals surface area contributed by atoms with E-state index in [1.54, 1.807) is 6.92 Å². The fourth-order valence-electron chi connectivity index (χ4n) is 3.79. The van der Waals surface area contributed by atoms with Crippen LogP contribution < -0.4 is 10.1 Å². The molecule has 0 bridgehead atoms. The lowest BCUT2D eigenvalue weighted by Gasteiger charge is -2.10. The molecular weight excluding hydrogens is 515 g/mol. The van der Waals surface area contributed by atoms with E-state index in [2.05, 4.69) is 15.5 Å².